The molecule has 0 saturated carbocycles. The number of hydrogen-bond acceptors (Lipinski definition) is 4. The number of aromatic nitrogens is 1. The van der Waals surface area contributed by atoms with Crippen molar-refractivity contribution in [1.82, 2.24) is 4.98 Å². The van der Waals surface area contributed by atoms with Crippen molar-refractivity contribution in [3.05, 3.63) is 22.8 Å². The third kappa shape index (κ3) is 4.86. The molecule has 1 amide bonds. The minimum absolute atomic E-state index is 0.208. The minimum atomic E-state index is -1.15. The molecule has 19 heavy (non-hydrogen) atoms. The van der Waals surface area contributed by atoms with Gasteiger partial charge in [-0.3, -0.25) is 4.79 Å². The Labute approximate surface area is 119 Å². The molecule has 104 valence electrons. The number of carbonyl (C=O) groups excluding carboxylic acids is 1. The molecule has 0 aliphatic carbocycles. The first-order valence-electron chi connectivity index (χ1n) is 5.53. The zero-order chi connectivity index (χ0) is 14.6. The van der Waals surface area contributed by atoms with Gasteiger partial charge in [-0.15, -0.1) is 0 Å². The number of carbonyl (C=O) groups is 2. The summed E-state index contributed by atoms with van der Waals surface area (Å²) in [6.07, 6.45) is 0.716. The third-order valence-corrected chi connectivity index (χ3v) is 2.52. The highest BCUT2D eigenvalue weighted by atomic mass is 79.9. The van der Waals surface area contributed by atoms with Gasteiger partial charge in [0, 0.05) is 6.20 Å². The van der Waals surface area contributed by atoms with Crippen LogP contribution >= 0.6 is 15.9 Å². The fourth-order valence-corrected chi connectivity index (χ4v) is 1.72. The van der Waals surface area contributed by atoms with Crippen molar-refractivity contribution in [2.75, 3.05) is 11.4 Å². The molecule has 1 N–H and O–H groups in total. The Kier molecular flexibility index (Phi) is 4.88. The number of hydrogen-bond donors (Lipinski definition) is 1. The lowest BCUT2D eigenvalue weighted by molar-refractivity contribution is -0.135. The second-order valence-electron chi connectivity index (χ2n) is 4.77. The van der Waals surface area contributed by atoms with E-state index in [1.54, 1.807) is 32.9 Å². The normalized spacial score (nSPS) is 10.9. The highest BCUT2D eigenvalue weighted by Gasteiger charge is 2.27. The van der Waals surface area contributed by atoms with E-state index >= 15 is 0 Å². The lowest BCUT2D eigenvalue weighted by Gasteiger charge is -2.26. The molecule has 0 spiro atoms. The zero-order valence-electron chi connectivity index (χ0n) is 10.9. The molecule has 0 unspecified atom stereocenters. The maximum atomic E-state index is 12.0. The molecule has 0 saturated heterocycles. The number of rotatable bonds is 3. The summed E-state index contributed by atoms with van der Waals surface area (Å²) in [4.78, 5) is 27.9. The zero-order valence-corrected chi connectivity index (χ0v) is 12.5. The summed E-state index contributed by atoms with van der Waals surface area (Å²) in [5, 5.41) is 8.89. The van der Waals surface area contributed by atoms with Gasteiger partial charge in [-0.1, -0.05) is 0 Å². The number of nitrogens with zero attached hydrogens (tertiary/aromatic N) is 2. The molecule has 0 bridgehead atoms. The van der Waals surface area contributed by atoms with Crippen LogP contribution in [-0.2, 0) is 9.53 Å². The molecule has 1 heterocycles. The summed E-state index contributed by atoms with van der Waals surface area (Å²) in [7, 11) is 0. The second kappa shape index (κ2) is 6.01. The Morgan fingerprint density at radius 3 is 2.58 bits per heavy atom. The van der Waals surface area contributed by atoms with E-state index in [0.717, 1.165) is 4.90 Å². The first-order valence-corrected chi connectivity index (χ1v) is 6.33. The molecule has 7 heteroatoms. The number of ether oxygens (including phenoxy) is 1. The maximum absolute atomic E-state index is 12.0. The molecular formula is C12H15BrN2O4. The van der Waals surface area contributed by atoms with Gasteiger partial charge >= 0.3 is 12.1 Å². The van der Waals surface area contributed by atoms with E-state index < -0.39 is 24.2 Å². The quantitative estimate of drug-likeness (QED) is 0.921. The average molecular weight is 331 g/mol. The summed E-state index contributed by atoms with van der Waals surface area (Å²) in [5.41, 5.74) is -0.713. The Morgan fingerprint density at radius 1 is 1.47 bits per heavy atom. The van der Waals surface area contributed by atoms with Gasteiger partial charge in [-0.25, -0.2) is 14.7 Å². The van der Waals surface area contributed by atoms with Crippen LogP contribution in [0.1, 0.15) is 20.8 Å². The molecule has 1 rings (SSSR count). The molecular weight excluding hydrogens is 316 g/mol. The SMILES string of the molecule is CC(C)(C)OC(=O)N(CC(=O)O)c1ncccc1Br. The fraction of sp³-hybridized carbons (Fsp3) is 0.417. The van der Waals surface area contributed by atoms with Gasteiger partial charge in [0.05, 0.1) is 4.47 Å². The van der Waals surface area contributed by atoms with Crippen molar-refractivity contribution in [1.29, 1.82) is 0 Å². The first-order chi connectivity index (χ1) is 8.70. The molecule has 0 aromatic carbocycles. The van der Waals surface area contributed by atoms with Crippen molar-refractivity contribution >= 4 is 33.8 Å². The van der Waals surface area contributed by atoms with Gasteiger partial charge in [0.2, 0.25) is 0 Å². The summed E-state index contributed by atoms with van der Waals surface area (Å²) in [6.45, 7) is 4.59. The van der Waals surface area contributed by atoms with E-state index in [0.29, 0.717) is 4.47 Å². The minimum Gasteiger partial charge on any atom is -0.480 e. The standard InChI is InChI=1S/C12H15BrN2O4/c1-12(2,3)19-11(18)15(7-9(16)17)10-8(13)5-4-6-14-10/h4-6H,7H2,1-3H3,(H,16,17). The summed E-state index contributed by atoms with van der Waals surface area (Å²) in [6, 6.07) is 3.34. The summed E-state index contributed by atoms with van der Waals surface area (Å²) >= 11 is 3.23. The fourth-order valence-electron chi connectivity index (χ4n) is 1.25. The highest BCUT2D eigenvalue weighted by Crippen LogP contribution is 2.24. The van der Waals surface area contributed by atoms with Crippen molar-refractivity contribution in [2.45, 2.75) is 26.4 Å². The summed E-state index contributed by atoms with van der Waals surface area (Å²) < 4.78 is 5.69. The lowest BCUT2D eigenvalue weighted by Crippen LogP contribution is -2.40. The van der Waals surface area contributed by atoms with Gasteiger partial charge in [0.1, 0.15) is 12.1 Å². The topological polar surface area (TPSA) is 79.7 Å². The first kappa shape index (κ1) is 15.4. The molecule has 0 aliphatic rings. The third-order valence-electron chi connectivity index (χ3n) is 1.90. The van der Waals surface area contributed by atoms with Crippen LogP contribution in [0, 0.1) is 0 Å². The number of carboxylic acids is 1. The average Bonchev–Trinajstić information content (AvgIpc) is 2.24. The smallest absolute Gasteiger partial charge is 0.416 e. The molecule has 0 atom stereocenters. The highest BCUT2D eigenvalue weighted by molar-refractivity contribution is 9.10. The van der Waals surface area contributed by atoms with Crippen molar-refractivity contribution in [3.63, 3.8) is 0 Å². The van der Waals surface area contributed by atoms with E-state index in [2.05, 4.69) is 20.9 Å². The maximum Gasteiger partial charge on any atom is 0.416 e. The summed E-state index contributed by atoms with van der Waals surface area (Å²) in [5.74, 6) is -0.942. The predicted octanol–water partition coefficient (Wildman–Crippen LogP) is 2.67. The Balaban J connectivity index is 3.05. The van der Waals surface area contributed by atoms with Gasteiger partial charge < -0.3 is 9.84 Å². The molecule has 0 fully saturated rings. The molecule has 1 aromatic heterocycles. The Bertz CT molecular complexity index is 485. The van der Waals surface area contributed by atoms with Crippen molar-refractivity contribution in [3.8, 4) is 0 Å². The van der Waals surface area contributed by atoms with Gasteiger partial charge in [0.25, 0.3) is 0 Å². The van der Waals surface area contributed by atoms with E-state index in [1.807, 2.05) is 0 Å². The van der Waals surface area contributed by atoms with E-state index in [1.165, 1.54) is 6.20 Å². The van der Waals surface area contributed by atoms with E-state index in [4.69, 9.17) is 9.84 Å². The largest absolute Gasteiger partial charge is 0.480 e. The predicted molar refractivity (Wildman–Crippen MR) is 73.2 cm³/mol. The van der Waals surface area contributed by atoms with Crippen LogP contribution < -0.4 is 4.90 Å². The van der Waals surface area contributed by atoms with Crippen molar-refractivity contribution < 1.29 is 19.4 Å². The van der Waals surface area contributed by atoms with E-state index in [9.17, 15) is 9.59 Å². The number of carboxylic acid groups (broad SMARTS) is 1. The van der Waals surface area contributed by atoms with Crippen LogP contribution in [0.5, 0.6) is 0 Å². The van der Waals surface area contributed by atoms with Crippen LogP contribution in [0.25, 0.3) is 0 Å². The van der Waals surface area contributed by atoms with Crippen LogP contribution in [0.2, 0.25) is 0 Å². The second-order valence-corrected chi connectivity index (χ2v) is 5.62. The molecule has 0 radical (unpaired) electrons. The molecule has 1 aromatic rings. The van der Waals surface area contributed by atoms with Crippen LogP contribution in [0.15, 0.2) is 22.8 Å². The van der Waals surface area contributed by atoms with Gasteiger partial charge in [-0.05, 0) is 48.8 Å². The van der Waals surface area contributed by atoms with Crippen LogP contribution in [0.3, 0.4) is 0 Å². The van der Waals surface area contributed by atoms with E-state index in [-0.39, 0.29) is 5.82 Å². The monoisotopic (exact) mass is 330 g/mol. The number of anilines is 1. The Morgan fingerprint density at radius 2 is 2.11 bits per heavy atom. The van der Waals surface area contributed by atoms with Gasteiger partial charge in [-0.2, -0.15) is 0 Å². The lowest BCUT2D eigenvalue weighted by atomic mass is 10.2. The number of pyridine rings is 1. The van der Waals surface area contributed by atoms with Gasteiger partial charge in [0.15, 0.2) is 5.82 Å². The Hall–Kier alpha value is -1.63. The number of halogens is 1. The molecule has 6 nitrogen and oxygen atoms in total. The van der Waals surface area contributed by atoms with Crippen LogP contribution in [0.4, 0.5) is 10.6 Å². The number of amides is 1. The van der Waals surface area contributed by atoms with Crippen LogP contribution in [-0.4, -0.2) is 34.3 Å². The number of aliphatic carboxylic acids is 1. The van der Waals surface area contributed by atoms with Crippen molar-refractivity contribution in [2.24, 2.45) is 0 Å². The molecule has 0 aliphatic heterocycles.